The maximum absolute atomic E-state index is 10.2. The molecule has 1 saturated carbocycles. The van der Waals surface area contributed by atoms with Gasteiger partial charge in [-0.3, -0.25) is 0 Å². The Morgan fingerprint density at radius 1 is 1.25 bits per heavy atom. The minimum atomic E-state index is -0.365. The maximum atomic E-state index is 10.2. The molecule has 1 heterocycles. The van der Waals surface area contributed by atoms with Crippen molar-refractivity contribution in [2.24, 2.45) is 5.92 Å². The van der Waals surface area contributed by atoms with Crippen molar-refractivity contribution in [3.8, 4) is 11.4 Å². The fraction of sp³-hybridized carbons (Fsp3) is 0.467. The lowest BCUT2D eigenvalue weighted by molar-refractivity contribution is 0.102. The van der Waals surface area contributed by atoms with E-state index in [4.69, 9.17) is 4.52 Å². The molecule has 4 nitrogen and oxygen atoms in total. The third-order valence-corrected chi connectivity index (χ3v) is 4.43. The molecule has 0 saturated heterocycles. The fourth-order valence-electron chi connectivity index (χ4n) is 2.74. The van der Waals surface area contributed by atoms with Crippen LogP contribution in [0.1, 0.15) is 31.6 Å². The first-order valence-electron chi connectivity index (χ1n) is 6.99. The lowest BCUT2D eigenvalue weighted by Crippen LogP contribution is -2.20. The molecule has 1 aliphatic carbocycles. The summed E-state index contributed by atoms with van der Waals surface area (Å²) in [5, 5.41) is 14.2. The van der Waals surface area contributed by atoms with Gasteiger partial charge in [-0.05, 0) is 43.0 Å². The molecule has 0 radical (unpaired) electrons. The average molecular weight is 337 g/mol. The molecule has 106 valence electrons. The second-order valence-electron chi connectivity index (χ2n) is 5.33. The summed E-state index contributed by atoms with van der Waals surface area (Å²) < 4.78 is 6.26. The van der Waals surface area contributed by atoms with E-state index >= 15 is 0 Å². The summed E-state index contributed by atoms with van der Waals surface area (Å²) in [4.78, 5) is 4.37. The van der Waals surface area contributed by atoms with E-state index in [-0.39, 0.29) is 6.10 Å². The van der Waals surface area contributed by atoms with Crippen LogP contribution >= 0.6 is 15.9 Å². The van der Waals surface area contributed by atoms with Gasteiger partial charge in [0, 0.05) is 10.0 Å². The summed E-state index contributed by atoms with van der Waals surface area (Å²) in [5.74, 6) is 1.48. The predicted molar refractivity (Wildman–Crippen MR) is 79.1 cm³/mol. The van der Waals surface area contributed by atoms with Gasteiger partial charge in [-0.25, -0.2) is 0 Å². The first kappa shape index (κ1) is 13.8. The Labute approximate surface area is 126 Å². The van der Waals surface area contributed by atoms with Gasteiger partial charge in [-0.2, -0.15) is 4.98 Å². The Hall–Kier alpha value is -1.20. The fourth-order valence-corrected chi connectivity index (χ4v) is 3.01. The normalized spacial score (nSPS) is 17.5. The van der Waals surface area contributed by atoms with Gasteiger partial charge < -0.3 is 9.63 Å². The van der Waals surface area contributed by atoms with Crippen LogP contribution in [0.4, 0.5) is 0 Å². The number of halogens is 1. The summed E-state index contributed by atoms with van der Waals surface area (Å²) in [7, 11) is 0. The van der Waals surface area contributed by atoms with E-state index in [0.29, 0.717) is 24.1 Å². The van der Waals surface area contributed by atoms with Gasteiger partial charge in [0.25, 0.3) is 0 Å². The van der Waals surface area contributed by atoms with Crippen LogP contribution in [0.5, 0.6) is 0 Å². The van der Waals surface area contributed by atoms with Crippen LogP contribution in [-0.4, -0.2) is 21.4 Å². The van der Waals surface area contributed by atoms with E-state index < -0.39 is 0 Å². The molecule has 0 bridgehead atoms. The van der Waals surface area contributed by atoms with Gasteiger partial charge >= 0.3 is 0 Å². The van der Waals surface area contributed by atoms with Gasteiger partial charge in [0.15, 0.2) is 0 Å². The number of aliphatic hydroxyl groups excluding tert-OH is 1. The number of hydrogen-bond acceptors (Lipinski definition) is 4. The second-order valence-corrected chi connectivity index (χ2v) is 6.25. The van der Waals surface area contributed by atoms with Crippen molar-refractivity contribution in [3.05, 3.63) is 34.6 Å². The van der Waals surface area contributed by atoms with E-state index in [9.17, 15) is 5.11 Å². The average Bonchev–Trinajstić information content (AvgIpc) is 3.10. The molecule has 1 aliphatic rings. The number of rotatable bonds is 4. The van der Waals surface area contributed by atoms with Crippen molar-refractivity contribution in [1.82, 2.24) is 10.1 Å². The molecule has 20 heavy (non-hydrogen) atoms. The van der Waals surface area contributed by atoms with Crippen LogP contribution in [-0.2, 0) is 6.42 Å². The summed E-state index contributed by atoms with van der Waals surface area (Å²) in [5.41, 5.74) is 0.915. The standard InChI is InChI=1S/C15H17BrN2O2/c16-12-7-5-11(6-8-12)15-17-14(20-18-15)9-13(19)10-3-1-2-4-10/h5-8,10,13,19H,1-4,9H2. The van der Waals surface area contributed by atoms with Gasteiger partial charge in [-0.1, -0.05) is 33.9 Å². The zero-order valence-electron chi connectivity index (χ0n) is 11.1. The third kappa shape index (κ3) is 3.10. The van der Waals surface area contributed by atoms with Gasteiger partial charge in [0.2, 0.25) is 11.7 Å². The lowest BCUT2D eigenvalue weighted by Gasteiger charge is -2.14. The zero-order chi connectivity index (χ0) is 13.9. The molecule has 1 aromatic carbocycles. The molecule has 0 amide bonds. The molecule has 0 spiro atoms. The Morgan fingerprint density at radius 2 is 1.95 bits per heavy atom. The first-order valence-corrected chi connectivity index (χ1v) is 7.78. The van der Waals surface area contributed by atoms with Crippen molar-refractivity contribution >= 4 is 15.9 Å². The topological polar surface area (TPSA) is 59.2 Å². The smallest absolute Gasteiger partial charge is 0.229 e. The van der Waals surface area contributed by atoms with Crippen LogP contribution in [0.3, 0.4) is 0 Å². The van der Waals surface area contributed by atoms with E-state index in [1.54, 1.807) is 0 Å². The molecule has 1 aromatic heterocycles. The zero-order valence-corrected chi connectivity index (χ0v) is 12.7. The Balaban J connectivity index is 1.68. The molecule has 2 aromatic rings. The first-order chi connectivity index (χ1) is 9.72. The van der Waals surface area contributed by atoms with E-state index in [2.05, 4.69) is 26.1 Å². The minimum Gasteiger partial charge on any atom is -0.392 e. The maximum Gasteiger partial charge on any atom is 0.229 e. The van der Waals surface area contributed by atoms with Crippen LogP contribution in [0.2, 0.25) is 0 Å². The van der Waals surface area contributed by atoms with Gasteiger partial charge in [-0.15, -0.1) is 0 Å². The molecular weight excluding hydrogens is 320 g/mol. The van der Waals surface area contributed by atoms with Crippen LogP contribution in [0, 0.1) is 5.92 Å². The van der Waals surface area contributed by atoms with Crippen LogP contribution in [0.25, 0.3) is 11.4 Å². The van der Waals surface area contributed by atoms with Gasteiger partial charge in [0.1, 0.15) is 0 Å². The number of nitrogens with zero attached hydrogens (tertiary/aromatic N) is 2. The summed E-state index contributed by atoms with van der Waals surface area (Å²) in [6.45, 7) is 0. The molecule has 1 unspecified atom stereocenters. The van der Waals surface area contributed by atoms with Gasteiger partial charge in [0.05, 0.1) is 12.5 Å². The highest BCUT2D eigenvalue weighted by molar-refractivity contribution is 9.10. The Bertz CT molecular complexity index is 562. The number of benzene rings is 1. The molecule has 1 N–H and O–H groups in total. The Kier molecular flexibility index (Phi) is 4.17. The van der Waals surface area contributed by atoms with Crippen molar-refractivity contribution in [1.29, 1.82) is 0 Å². The number of aromatic nitrogens is 2. The highest BCUT2D eigenvalue weighted by atomic mass is 79.9. The lowest BCUT2D eigenvalue weighted by atomic mass is 9.98. The number of hydrogen-bond donors (Lipinski definition) is 1. The quantitative estimate of drug-likeness (QED) is 0.926. The van der Waals surface area contributed by atoms with Crippen molar-refractivity contribution in [2.45, 2.75) is 38.2 Å². The molecule has 1 fully saturated rings. The summed E-state index contributed by atoms with van der Waals surface area (Å²) in [6.07, 6.45) is 4.74. The third-order valence-electron chi connectivity index (χ3n) is 3.90. The second kappa shape index (κ2) is 6.06. The molecule has 5 heteroatoms. The van der Waals surface area contributed by atoms with E-state index in [0.717, 1.165) is 22.9 Å². The molecule has 3 rings (SSSR count). The highest BCUT2D eigenvalue weighted by Gasteiger charge is 2.25. The predicted octanol–water partition coefficient (Wildman–Crippen LogP) is 3.59. The van der Waals surface area contributed by atoms with E-state index in [1.807, 2.05) is 24.3 Å². The van der Waals surface area contributed by atoms with Crippen molar-refractivity contribution in [3.63, 3.8) is 0 Å². The SMILES string of the molecule is OC(Cc1nc(-c2ccc(Br)cc2)no1)C1CCCC1. The molecular formula is C15H17BrN2O2. The van der Waals surface area contributed by atoms with Crippen molar-refractivity contribution in [2.75, 3.05) is 0 Å². The summed E-state index contributed by atoms with van der Waals surface area (Å²) >= 11 is 3.40. The minimum absolute atomic E-state index is 0.365. The van der Waals surface area contributed by atoms with E-state index in [1.165, 1.54) is 12.8 Å². The number of aliphatic hydroxyl groups is 1. The molecule has 0 aliphatic heterocycles. The van der Waals surface area contributed by atoms with Crippen LogP contribution < -0.4 is 0 Å². The summed E-state index contributed by atoms with van der Waals surface area (Å²) in [6, 6.07) is 7.76. The monoisotopic (exact) mass is 336 g/mol. The van der Waals surface area contributed by atoms with Crippen molar-refractivity contribution < 1.29 is 9.63 Å². The molecule has 1 atom stereocenters. The highest BCUT2D eigenvalue weighted by Crippen LogP contribution is 2.29. The largest absolute Gasteiger partial charge is 0.392 e. The Morgan fingerprint density at radius 3 is 2.65 bits per heavy atom. The van der Waals surface area contributed by atoms with Crippen LogP contribution in [0.15, 0.2) is 33.3 Å².